The Labute approximate surface area is 189 Å². The fourth-order valence-corrected chi connectivity index (χ4v) is 6.51. The van der Waals surface area contributed by atoms with E-state index >= 15 is 0 Å². The zero-order chi connectivity index (χ0) is 21.0. The summed E-state index contributed by atoms with van der Waals surface area (Å²) in [6, 6.07) is 21.5. The summed E-state index contributed by atoms with van der Waals surface area (Å²) in [5, 5.41) is 1.34. The molecular weight excluding hydrogens is 407 g/mol. The highest BCUT2D eigenvalue weighted by Gasteiger charge is 2.47. The van der Waals surface area contributed by atoms with Crippen molar-refractivity contribution in [1.29, 1.82) is 0 Å². The van der Waals surface area contributed by atoms with Gasteiger partial charge in [0.2, 0.25) is 0 Å². The molecule has 1 saturated carbocycles. The van der Waals surface area contributed by atoms with Gasteiger partial charge in [0.25, 0.3) is 0 Å². The predicted molar refractivity (Wildman–Crippen MR) is 129 cm³/mol. The highest BCUT2D eigenvalue weighted by molar-refractivity contribution is 6.35. The average molecular weight is 433 g/mol. The van der Waals surface area contributed by atoms with Gasteiger partial charge in [0.1, 0.15) is 0 Å². The van der Waals surface area contributed by atoms with Gasteiger partial charge in [-0.25, -0.2) is 0 Å². The quantitative estimate of drug-likeness (QED) is 0.354. The lowest BCUT2D eigenvalue weighted by molar-refractivity contribution is 0.249. The average Bonchev–Trinajstić information content (AvgIpc) is 2.97. The molecule has 3 atom stereocenters. The van der Waals surface area contributed by atoms with Crippen LogP contribution in [0.25, 0.3) is 22.3 Å². The van der Waals surface area contributed by atoms with Crippen molar-refractivity contribution in [2.45, 2.75) is 38.5 Å². The molecule has 0 N–H and O–H groups in total. The Morgan fingerprint density at radius 2 is 1.53 bits per heavy atom. The van der Waals surface area contributed by atoms with Gasteiger partial charge in [-0.2, -0.15) is 0 Å². The van der Waals surface area contributed by atoms with E-state index in [2.05, 4.69) is 62.9 Å². The Hall–Kier alpha value is -2.02. The lowest BCUT2D eigenvalue weighted by Crippen LogP contribution is -2.35. The molecule has 1 fully saturated rings. The molecule has 3 aromatic rings. The monoisotopic (exact) mass is 432 g/mol. The molecule has 0 aromatic heterocycles. The normalized spacial score (nSPS) is 25.1. The molecule has 30 heavy (non-hydrogen) atoms. The summed E-state index contributed by atoms with van der Waals surface area (Å²) < 4.78 is 0. The third kappa shape index (κ3) is 3.04. The van der Waals surface area contributed by atoms with Gasteiger partial charge in [-0.1, -0.05) is 91.7 Å². The van der Waals surface area contributed by atoms with Crippen LogP contribution in [-0.2, 0) is 5.41 Å². The van der Waals surface area contributed by atoms with Gasteiger partial charge in [0.05, 0.1) is 0 Å². The lowest BCUT2D eigenvalue weighted by Gasteiger charge is -2.41. The third-order valence-corrected chi connectivity index (χ3v) is 7.67. The molecule has 0 spiro atoms. The molecule has 2 aliphatic rings. The first-order valence-corrected chi connectivity index (χ1v) is 11.5. The van der Waals surface area contributed by atoms with Crippen molar-refractivity contribution in [3.8, 4) is 22.3 Å². The van der Waals surface area contributed by atoms with Gasteiger partial charge < -0.3 is 0 Å². The van der Waals surface area contributed by atoms with E-state index in [1.54, 1.807) is 6.07 Å². The zero-order valence-electron chi connectivity index (χ0n) is 17.5. The van der Waals surface area contributed by atoms with Gasteiger partial charge >= 0.3 is 0 Å². The molecule has 0 amide bonds. The summed E-state index contributed by atoms with van der Waals surface area (Å²) in [5.74, 6) is 1.23. The molecule has 0 heterocycles. The van der Waals surface area contributed by atoms with E-state index < -0.39 is 0 Å². The number of hydrogen-bond acceptors (Lipinski definition) is 0. The maximum atomic E-state index is 6.37. The second-order valence-corrected chi connectivity index (χ2v) is 10.2. The maximum absolute atomic E-state index is 6.37. The van der Waals surface area contributed by atoms with Gasteiger partial charge in [0.15, 0.2) is 0 Å². The van der Waals surface area contributed by atoms with Gasteiger partial charge in [-0.15, -0.1) is 0 Å². The number of allylic oxidation sites excluding steroid dienone is 1. The highest BCUT2D eigenvalue weighted by Crippen LogP contribution is 2.58. The lowest BCUT2D eigenvalue weighted by atomic mass is 9.62. The summed E-state index contributed by atoms with van der Waals surface area (Å²) in [5.41, 5.74) is 9.17. The SMILES string of the molecule is C=C1CC(C)CC(C2(C)c3ccccc3-c3c(-c4cc(Cl)cc(Cl)c4)cccc32)C1. The van der Waals surface area contributed by atoms with Crippen LogP contribution in [0, 0.1) is 11.8 Å². The fourth-order valence-electron chi connectivity index (χ4n) is 5.98. The second kappa shape index (κ2) is 7.29. The van der Waals surface area contributed by atoms with Crippen molar-refractivity contribution in [3.05, 3.63) is 94.0 Å². The van der Waals surface area contributed by atoms with Crippen LogP contribution in [0.4, 0.5) is 0 Å². The standard InChI is InChI=1S/C28H26Cl2/c1-17-11-18(2)13-20(12-17)28(3)25-9-5-4-7-24(25)27-23(8-6-10-26(27)28)19-14-21(29)16-22(30)15-19/h4-10,14-16,18,20H,1,11-13H2,2-3H3. The minimum atomic E-state index is -0.0259. The molecule has 0 aliphatic heterocycles. The summed E-state index contributed by atoms with van der Waals surface area (Å²) in [6.07, 6.45) is 3.49. The van der Waals surface area contributed by atoms with E-state index in [-0.39, 0.29) is 5.41 Å². The van der Waals surface area contributed by atoms with Gasteiger partial charge in [-0.05, 0) is 82.7 Å². The van der Waals surface area contributed by atoms with Crippen molar-refractivity contribution in [2.24, 2.45) is 11.8 Å². The van der Waals surface area contributed by atoms with E-state index in [0.29, 0.717) is 21.9 Å². The Morgan fingerprint density at radius 1 is 0.867 bits per heavy atom. The number of hydrogen-bond donors (Lipinski definition) is 0. The molecule has 152 valence electrons. The number of halogens is 2. The van der Waals surface area contributed by atoms with Crippen LogP contribution in [0.15, 0.2) is 72.8 Å². The molecule has 0 saturated heterocycles. The van der Waals surface area contributed by atoms with Crippen molar-refractivity contribution in [2.75, 3.05) is 0 Å². The minimum Gasteiger partial charge on any atom is -0.0998 e. The number of benzene rings is 3. The van der Waals surface area contributed by atoms with Crippen LogP contribution in [0.2, 0.25) is 10.0 Å². The van der Waals surface area contributed by atoms with Crippen molar-refractivity contribution in [3.63, 3.8) is 0 Å². The van der Waals surface area contributed by atoms with Crippen molar-refractivity contribution >= 4 is 23.2 Å². The highest BCUT2D eigenvalue weighted by atomic mass is 35.5. The van der Waals surface area contributed by atoms with Crippen LogP contribution in [-0.4, -0.2) is 0 Å². The molecule has 0 radical (unpaired) electrons. The van der Waals surface area contributed by atoms with E-state index in [0.717, 1.165) is 18.4 Å². The molecule has 0 bridgehead atoms. The topological polar surface area (TPSA) is 0 Å². The molecule has 3 aromatic carbocycles. The van der Waals surface area contributed by atoms with Gasteiger partial charge in [0, 0.05) is 15.5 Å². The molecule has 2 heteroatoms. The van der Waals surface area contributed by atoms with E-state index in [1.165, 1.54) is 39.8 Å². The molecule has 3 unspecified atom stereocenters. The molecular formula is C28H26Cl2. The Bertz CT molecular complexity index is 1140. The number of rotatable bonds is 2. The largest absolute Gasteiger partial charge is 0.0998 e. The van der Waals surface area contributed by atoms with Crippen molar-refractivity contribution in [1.82, 2.24) is 0 Å². The van der Waals surface area contributed by atoms with Gasteiger partial charge in [-0.3, -0.25) is 0 Å². The molecule has 2 aliphatic carbocycles. The second-order valence-electron chi connectivity index (χ2n) is 9.33. The zero-order valence-corrected chi connectivity index (χ0v) is 19.0. The van der Waals surface area contributed by atoms with Crippen LogP contribution in [0.3, 0.4) is 0 Å². The maximum Gasteiger partial charge on any atom is 0.0426 e. The molecule has 0 nitrogen and oxygen atoms in total. The summed E-state index contributed by atoms with van der Waals surface area (Å²) >= 11 is 12.7. The minimum absolute atomic E-state index is 0.0259. The fraction of sp³-hybridized carbons (Fsp3) is 0.286. The van der Waals surface area contributed by atoms with Crippen LogP contribution >= 0.6 is 23.2 Å². The van der Waals surface area contributed by atoms with Crippen molar-refractivity contribution < 1.29 is 0 Å². The summed E-state index contributed by atoms with van der Waals surface area (Å²) in [4.78, 5) is 0. The van der Waals surface area contributed by atoms with E-state index in [4.69, 9.17) is 23.2 Å². The Kier molecular flexibility index (Phi) is 4.84. The summed E-state index contributed by atoms with van der Waals surface area (Å²) in [7, 11) is 0. The van der Waals surface area contributed by atoms with E-state index in [1.807, 2.05) is 12.1 Å². The van der Waals surface area contributed by atoms with Crippen LogP contribution in [0.5, 0.6) is 0 Å². The summed E-state index contributed by atoms with van der Waals surface area (Å²) in [6.45, 7) is 9.20. The first-order chi connectivity index (χ1) is 14.4. The third-order valence-electron chi connectivity index (χ3n) is 7.23. The Morgan fingerprint density at radius 3 is 2.27 bits per heavy atom. The first kappa shape index (κ1) is 19.9. The molecule has 5 rings (SSSR count). The van der Waals surface area contributed by atoms with Crippen LogP contribution < -0.4 is 0 Å². The number of fused-ring (bicyclic) bond motifs is 3. The van der Waals surface area contributed by atoms with E-state index in [9.17, 15) is 0 Å². The first-order valence-electron chi connectivity index (χ1n) is 10.7. The smallest absolute Gasteiger partial charge is 0.0426 e. The predicted octanol–water partition coefficient (Wildman–Crippen LogP) is 8.94. The Balaban J connectivity index is 1.77. The van der Waals surface area contributed by atoms with Crippen LogP contribution in [0.1, 0.15) is 44.2 Å².